The van der Waals surface area contributed by atoms with Gasteiger partial charge in [-0.1, -0.05) is 24.6 Å². The van der Waals surface area contributed by atoms with Crippen molar-refractivity contribution in [2.75, 3.05) is 26.2 Å². The highest BCUT2D eigenvalue weighted by molar-refractivity contribution is 6.31. The molecular formula is C17H21ClN2O4. The first-order valence-corrected chi connectivity index (χ1v) is 8.53. The highest BCUT2D eigenvalue weighted by Crippen LogP contribution is 2.38. The first-order valence-electron chi connectivity index (χ1n) is 8.15. The first-order chi connectivity index (χ1) is 11.5. The Labute approximate surface area is 145 Å². The van der Waals surface area contributed by atoms with Crippen molar-refractivity contribution in [1.29, 1.82) is 0 Å². The van der Waals surface area contributed by atoms with Crippen molar-refractivity contribution in [3.63, 3.8) is 0 Å². The molecule has 1 aromatic rings. The second-order valence-electron chi connectivity index (χ2n) is 6.23. The number of carbonyl (C=O) groups is 2. The van der Waals surface area contributed by atoms with E-state index in [0.717, 1.165) is 19.6 Å². The number of carbonyl (C=O) groups excluding carboxylic acids is 1. The Morgan fingerprint density at radius 3 is 2.67 bits per heavy atom. The van der Waals surface area contributed by atoms with E-state index in [9.17, 15) is 14.7 Å². The van der Waals surface area contributed by atoms with Crippen molar-refractivity contribution in [3.05, 3.63) is 34.9 Å². The molecule has 2 heterocycles. The summed E-state index contributed by atoms with van der Waals surface area (Å²) in [5.74, 6) is -1.38. The number of aliphatic carboxylic acids is 1. The number of ether oxygens (including phenoxy) is 1. The fourth-order valence-corrected chi connectivity index (χ4v) is 3.73. The van der Waals surface area contributed by atoms with Crippen molar-refractivity contribution >= 4 is 23.5 Å². The van der Waals surface area contributed by atoms with Crippen LogP contribution in [-0.4, -0.2) is 64.8 Å². The predicted molar refractivity (Wildman–Crippen MR) is 89.1 cm³/mol. The summed E-state index contributed by atoms with van der Waals surface area (Å²) in [4.78, 5) is 28.4. The molecule has 130 valence electrons. The van der Waals surface area contributed by atoms with E-state index in [1.54, 1.807) is 24.3 Å². The van der Waals surface area contributed by atoms with Gasteiger partial charge in [-0.2, -0.15) is 0 Å². The predicted octanol–water partition coefficient (Wildman–Crippen LogP) is 2.08. The average molecular weight is 353 g/mol. The lowest BCUT2D eigenvalue weighted by Gasteiger charge is -2.44. The number of nitrogens with zero attached hydrogens (tertiary/aromatic N) is 2. The van der Waals surface area contributed by atoms with Crippen LogP contribution in [0.25, 0.3) is 0 Å². The lowest BCUT2D eigenvalue weighted by molar-refractivity contribution is -0.143. The monoisotopic (exact) mass is 352 g/mol. The molecule has 1 atom stereocenters. The van der Waals surface area contributed by atoms with Gasteiger partial charge < -0.3 is 14.7 Å². The topological polar surface area (TPSA) is 70.1 Å². The van der Waals surface area contributed by atoms with Crippen LogP contribution in [-0.2, 0) is 9.53 Å². The van der Waals surface area contributed by atoms with E-state index >= 15 is 0 Å². The molecule has 1 spiro atoms. The zero-order valence-electron chi connectivity index (χ0n) is 13.6. The number of hydrogen-bond acceptors (Lipinski definition) is 4. The van der Waals surface area contributed by atoms with E-state index in [-0.39, 0.29) is 12.5 Å². The summed E-state index contributed by atoms with van der Waals surface area (Å²) in [5.41, 5.74) is -0.453. The number of piperidine rings is 1. The molecule has 2 aliphatic rings. The number of rotatable bonds is 3. The molecule has 0 bridgehead atoms. The number of carboxylic acid groups (broad SMARTS) is 1. The second-order valence-corrected chi connectivity index (χ2v) is 6.67. The van der Waals surface area contributed by atoms with Gasteiger partial charge in [0.15, 0.2) is 6.04 Å². The Morgan fingerprint density at radius 2 is 2.08 bits per heavy atom. The molecule has 1 N–H and O–H groups in total. The summed E-state index contributed by atoms with van der Waals surface area (Å²) in [5, 5.41) is 9.98. The van der Waals surface area contributed by atoms with E-state index in [1.807, 2.05) is 0 Å². The Hall–Kier alpha value is -1.63. The summed E-state index contributed by atoms with van der Waals surface area (Å²) < 4.78 is 5.90. The van der Waals surface area contributed by atoms with E-state index in [0.29, 0.717) is 23.4 Å². The van der Waals surface area contributed by atoms with Crippen molar-refractivity contribution in [1.82, 2.24) is 9.80 Å². The molecule has 2 fully saturated rings. The fourth-order valence-electron chi connectivity index (χ4n) is 3.53. The molecule has 1 aromatic carbocycles. The maximum atomic E-state index is 13.0. The van der Waals surface area contributed by atoms with Gasteiger partial charge in [-0.25, -0.2) is 4.79 Å². The quantitative estimate of drug-likeness (QED) is 0.901. The number of likely N-dealkylation sites (tertiary alicyclic amines) is 1. The van der Waals surface area contributed by atoms with Crippen molar-refractivity contribution in [2.24, 2.45) is 0 Å². The Morgan fingerprint density at radius 1 is 1.38 bits per heavy atom. The van der Waals surface area contributed by atoms with Gasteiger partial charge in [-0.15, -0.1) is 0 Å². The van der Waals surface area contributed by atoms with Crippen LogP contribution in [0.2, 0.25) is 5.02 Å². The number of benzene rings is 1. The molecule has 3 rings (SSSR count). The van der Waals surface area contributed by atoms with E-state index in [4.69, 9.17) is 16.3 Å². The molecule has 0 saturated carbocycles. The fraction of sp³-hybridized carbons (Fsp3) is 0.529. The van der Waals surface area contributed by atoms with Gasteiger partial charge in [0.1, 0.15) is 5.72 Å². The maximum absolute atomic E-state index is 13.0. The van der Waals surface area contributed by atoms with E-state index in [1.165, 1.54) is 4.90 Å². The van der Waals surface area contributed by atoms with Crippen LogP contribution in [0.5, 0.6) is 0 Å². The SMILES string of the molecule is CCN1CCC2(CC1)OC[C@@H](C(=O)O)N2C(=O)c1cccc(Cl)c1. The minimum Gasteiger partial charge on any atom is -0.480 e. The van der Waals surface area contributed by atoms with Crippen LogP contribution in [0.15, 0.2) is 24.3 Å². The summed E-state index contributed by atoms with van der Waals surface area (Å²) >= 11 is 5.98. The summed E-state index contributed by atoms with van der Waals surface area (Å²) in [6, 6.07) is 5.62. The summed E-state index contributed by atoms with van der Waals surface area (Å²) in [7, 11) is 0. The third-order valence-corrected chi connectivity index (χ3v) is 5.16. The molecule has 0 unspecified atom stereocenters. The Balaban J connectivity index is 1.92. The van der Waals surface area contributed by atoms with Gasteiger partial charge in [-0.3, -0.25) is 9.69 Å². The van der Waals surface area contributed by atoms with Gasteiger partial charge in [0.05, 0.1) is 6.61 Å². The minimum atomic E-state index is -1.04. The summed E-state index contributed by atoms with van der Waals surface area (Å²) in [6.45, 7) is 4.60. The largest absolute Gasteiger partial charge is 0.480 e. The van der Waals surface area contributed by atoms with Gasteiger partial charge in [0.2, 0.25) is 0 Å². The second kappa shape index (κ2) is 6.70. The van der Waals surface area contributed by atoms with Crippen LogP contribution in [0.4, 0.5) is 0 Å². The highest BCUT2D eigenvalue weighted by Gasteiger charge is 2.53. The molecule has 6 nitrogen and oxygen atoms in total. The summed E-state index contributed by atoms with van der Waals surface area (Å²) in [6.07, 6.45) is 1.22. The smallest absolute Gasteiger partial charge is 0.328 e. The van der Waals surface area contributed by atoms with Gasteiger partial charge in [0, 0.05) is 36.5 Å². The van der Waals surface area contributed by atoms with E-state index in [2.05, 4.69) is 11.8 Å². The zero-order valence-corrected chi connectivity index (χ0v) is 14.3. The highest BCUT2D eigenvalue weighted by atomic mass is 35.5. The minimum absolute atomic E-state index is 0.0216. The van der Waals surface area contributed by atoms with Crippen molar-refractivity contribution in [2.45, 2.75) is 31.5 Å². The molecule has 2 saturated heterocycles. The molecular weight excluding hydrogens is 332 g/mol. The van der Waals surface area contributed by atoms with Gasteiger partial charge >= 0.3 is 5.97 Å². The van der Waals surface area contributed by atoms with Gasteiger partial charge in [-0.05, 0) is 24.7 Å². The zero-order chi connectivity index (χ0) is 17.3. The number of halogens is 1. The lowest BCUT2D eigenvalue weighted by Crippen LogP contribution is -2.58. The third kappa shape index (κ3) is 3.01. The van der Waals surface area contributed by atoms with E-state index < -0.39 is 17.7 Å². The molecule has 2 aliphatic heterocycles. The first kappa shape index (κ1) is 17.2. The Bertz CT molecular complexity index is 643. The average Bonchev–Trinajstić information content (AvgIpc) is 2.94. The normalized spacial score (nSPS) is 23.6. The van der Waals surface area contributed by atoms with Crippen molar-refractivity contribution in [3.8, 4) is 0 Å². The maximum Gasteiger partial charge on any atom is 0.328 e. The van der Waals surface area contributed by atoms with Crippen LogP contribution in [0, 0.1) is 0 Å². The molecule has 0 radical (unpaired) electrons. The van der Waals surface area contributed by atoms with Crippen molar-refractivity contribution < 1.29 is 19.4 Å². The standard InChI is InChI=1S/C17H21ClN2O4/c1-2-19-8-6-17(7-9-19)20(14(11-24-17)16(22)23)15(21)12-4-3-5-13(18)10-12/h3-5,10,14H,2,6-9,11H2,1H3,(H,22,23)/t14-/m0/s1. The lowest BCUT2D eigenvalue weighted by atomic mass is 9.97. The van der Waals surface area contributed by atoms with Gasteiger partial charge in [0.25, 0.3) is 5.91 Å². The molecule has 0 aliphatic carbocycles. The van der Waals surface area contributed by atoms with Crippen LogP contribution < -0.4 is 0 Å². The van der Waals surface area contributed by atoms with Crippen LogP contribution in [0.1, 0.15) is 30.1 Å². The molecule has 24 heavy (non-hydrogen) atoms. The van der Waals surface area contributed by atoms with Crippen LogP contribution in [0.3, 0.4) is 0 Å². The number of hydrogen-bond donors (Lipinski definition) is 1. The number of carboxylic acids is 1. The third-order valence-electron chi connectivity index (χ3n) is 4.92. The molecule has 0 aromatic heterocycles. The molecule has 1 amide bonds. The number of amides is 1. The van der Waals surface area contributed by atoms with Crippen LogP contribution >= 0.6 is 11.6 Å². The molecule has 7 heteroatoms. The Kier molecular flexibility index (Phi) is 4.80.